The quantitative estimate of drug-likeness (QED) is 0.227. The highest BCUT2D eigenvalue weighted by Crippen LogP contribution is 2.48. The van der Waals surface area contributed by atoms with Crippen molar-refractivity contribution in [1.82, 2.24) is 9.97 Å². The first kappa shape index (κ1) is 29.3. The summed E-state index contributed by atoms with van der Waals surface area (Å²) in [7, 11) is 1.67. The lowest BCUT2D eigenvalue weighted by Crippen LogP contribution is -2.58. The molecular formula is C29H35Br2N3O6. The molecule has 0 radical (unpaired) electrons. The number of H-pyrrole nitrogens is 1. The second kappa shape index (κ2) is 11.2. The molecule has 0 aliphatic carbocycles. The molecule has 0 amide bonds. The molecule has 4 heterocycles. The minimum Gasteiger partial charge on any atom is -0.478 e. The van der Waals surface area contributed by atoms with Gasteiger partial charge in [0.2, 0.25) is 0 Å². The minimum absolute atomic E-state index is 0.0146. The van der Waals surface area contributed by atoms with Gasteiger partial charge >= 0.3 is 5.97 Å². The van der Waals surface area contributed by atoms with Crippen molar-refractivity contribution < 1.29 is 28.6 Å². The third-order valence-electron chi connectivity index (χ3n) is 8.65. The number of oxazole rings is 1. The predicted octanol–water partition coefficient (Wildman–Crippen LogP) is 7.05. The number of ketones is 1. The number of carbonyl (C=O) groups excluding carboxylic acids is 1. The zero-order valence-electron chi connectivity index (χ0n) is 23.2. The van der Waals surface area contributed by atoms with Crippen molar-refractivity contribution in [2.24, 2.45) is 23.7 Å². The van der Waals surface area contributed by atoms with Crippen molar-refractivity contribution in [3.05, 3.63) is 44.4 Å². The van der Waals surface area contributed by atoms with Gasteiger partial charge in [-0.2, -0.15) is 0 Å². The fourth-order valence-electron chi connectivity index (χ4n) is 6.36. The number of benzene rings is 1. The maximum Gasteiger partial charge on any atom is 0.340 e. The Bertz CT molecular complexity index is 1440. The molecule has 2 aliphatic heterocycles. The van der Waals surface area contributed by atoms with Crippen LogP contribution in [0.4, 0.5) is 5.69 Å². The van der Waals surface area contributed by atoms with Gasteiger partial charge in [0.15, 0.2) is 23.0 Å². The van der Waals surface area contributed by atoms with E-state index in [0.29, 0.717) is 39.3 Å². The summed E-state index contributed by atoms with van der Waals surface area (Å²) in [4.78, 5) is 33.0. The average molecular weight is 681 g/mol. The van der Waals surface area contributed by atoms with Crippen LogP contribution in [0.15, 0.2) is 31.7 Å². The Labute approximate surface area is 250 Å². The molecule has 1 aromatic carbocycles. The summed E-state index contributed by atoms with van der Waals surface area (Å²) in [6.45, 7) is 8.37. The zero-order valence-corrected chi connectivity index (χ0v) is 26.4. The lowest BCUT2D eigenvalue weighted by molar-refractivity contribution is -0.355. The number of ether oxygens (including phenoxy) is 2. The number of aromatic carboxylic acids is 1. The van der Waals surface area contributed by atoms with E-state index in [1.165, 1.54) is 0 Å². The maximum atomic E-state index is 13.3. The Hall–Kier alpha value is -2.21. The van der Waals surface area contributed by atoms with Crippen LogP contribution in [-0.2, 0) is 15.9 Å². The second-order valence-electron chi connectivity index (χ2n) is 11.4. The Morgan fingerprint density at radius 1 is 1.23 bits per heavy atom. The summed E-state index contributed by atoms with van der Waals surface area (Å²) in [5, 5.41) is 12.8. The molecular weight excluding hydrogens is 646 g/mol. The van der Waals surface area contributed by atoms with E-state index in [0.717, 1.165) is 23.7 Å². The molecule has 9 nitrogen and oxygen atoms in total. The van der Waals surface area contributed by atoms with E-state index in [4.69, 9.17) is 13.9 Å². The highest BCUT2D eigenvalue weighted by Gasteiger charge is 2.52. The number of anilines is 1. The van der Waals surface area contributed by atoms with Crippen LogP contribution < -0.4 is 5.32 Å². The number of hydrogen-bond donors (Lipinski definition) is 3. The highest BCUT2D eigenvalue weighted by atomic mass is 79.9. The molecule has 7 atom stereocenters. The first-order valence-corrected chi connectivity index (χ1v) is 15.3. The fourth-order valence-corrected chi connectivity index (χ4v) is 7.31. The maximum absolute atomic E-state index is 13.3. The molecule has 0 saturated carbocycles. The SMILES string of the molecule is CNc1c(Br)cc2oc(C[C@@H]3OC4(CC[C@@H]3C)OC(C(C)C(=O)c3cc(Br)c[nH]3)[C@H](C)C[C@H]4C)nc2c1C(=O)O. The van der Waals surface area contributed by atoms with Gasteiger partial charge in [0.1, 0.15) is 11.1 Å². The zero-order chi connectivity index (χ0) is 28.9. The minimum atomic E-state index is -1.09. The Kier molecular flexibility index (Phi) is 8.22. The second-order valence-corrected chi connectivity index (χ2v) is 13.2. The number of aromatic amines is 1. The van der Waals surface area contributed by atoms with Crippen molar-refractivity contribution >= 4 is 60.4 Å². The Balaban J connectivity index is 1.40. The Morgan fingerprint density at radius 2 is 1.98 bits per heavy atom. The van der Waals surface area contributed by atoms with Crippen LogP contribution in [0.25, 0.3) is 11.1 Å². The van der Waals surface area contributed by atoms with E-state index >= 15 is 0 Å². The number of fused-ring (bicyclic) bond motifs is 1. The number of nitrogens with zero attached hydrogens (tertiary/aromatic N) is 1. The van der Waals surface area contributed by atoms with Gasteiger partial charge in [-0.3, -0.25) is 4.79 Å². The number of carboxylic acid groups (broad SMARTS) is 1. The van der Waals surface area contributed by atoms with E-state index < -0.39 is 11.8 Å². The van der Waals surface area contributed by atoms with Crippen molar-refractivity contribution in [2.75, 3.05) is 12.4 Å². The van der Waals surface area contributed by atoms with E-state index in [-0.39, 0.29) is 47.2 Å². The lowest BCUT2D eigenvalue weighted by Gasteiger charge is -2.53. The smallest absolute Gasteiger partial charge is 0.340 e. The highest BCUT2D eigenvalue weighted by molar-refractivity contribution is 9.10. The number of nitrogens with one attached hydrogen (secondary N) is 2. The summed E-state index contributed by atoms with van der Waals surface area (Å²) in [6.07, 6.45) is 4.10. The molecule has 3 N–H and O–H groups in total. The fraction of sp³-hybridized carbons (Fsp3) is 0.552. The van der Waals surface area contributed by atoms with Crippen LogP contribution >= 0.6 is 31.9 Å². The topological polar surface area (TPSA) is 127 Å². The van der Waals surface area contributed by atoms with Crippen molar-refractivity contribution in [2.45, 2.75) is 71.4 Å². The van der Waals surface area contributed by atoms with Crippen LogP contribution in [0.2, 0.25) is 0 Å². The number of rotatable bonds is 7. The number of carbonyl (C=O) groups is 2. The first-order valence-electron chi connectivity index (χ1n) is 13.7. The van der Waals surface area contributed by atoms with E-state index in [1.54, 1.807) is 25.4 Å². The monoisotopic (exact) mass is 679 g/mol. The molecule has 0 bridgehead atoms. The molecule has 1 spiro atoms. The van der Waals surface area contributed by atoms with Crippen LogP contribution in [0.3, 0.4) is 0 Å². The van der Waals surface area contributed by atoms with Crippen LogP contribution in [0, 0.1) is 23.7 Å². The third-order valence-corrected chi connectivity index (χ3v) is 9.73. The molecule has 5 rings (SSSR count). The molecule has 2 fully saturated rings. The number of carboxylic acids is 1. The van der Waals surface area contributed by atoms with E-state index in [2.05, 4.69) is 67.9 Å². The van der Waals surface area contributed by atoms with Gasteiger partial charge in [0.05, 0.1) is 30.0 Å². The molecule has 11 heteroatoms. The number of halogens is 2. The van der Waals surface area contributed by atoms with Gasteiger partial charge < -0.3 is 29.3 Å². The van der Waals surface area contributed by atoms with Crippen molar-refractivity contribution in [3.8, 4) is 0 Å². The van der Waals surface area contributed by atoms with Crippen LogP contribution in [0.1, 0.15) is 73.7 Å². The largest absolute Gasteiger partial charge is 0.478 e. The molecule has 2 saturated heterocycles. The van der Waals surface area contributed by atoms with Gasteiger partial charge in [-0.25, -0.2) is 9.78 Å². The predicted molar refractivity (Wildman–Crippen MR) is 158 cm³/mol. The molecule has 3 aromatic rings. The number of aromatic nitrogens is 2. The van der Waals surface area contributed by atoms with Crippen molar-refractivity contribution in [3.63, 3.8) is 0 Å². The van der Waals surface area contributed by atoms with E-state index in [1.807, 2.05) is 6.92 Å². The van der Waals surface area contributed by atoms with Crippen molar-refractivity contribution in [1.29, 1.82) is 0 Å². The van der Waals surface area contributed by atoms with Gasteiger partial charge in [-0.15, -0.1) is 0 Å². The average Bonchev–Trinajstić information content (AvgIpc) is 3.51. The first-order chi connectivity index (χ1) is 18.9. The van der Waals surface area contributed by atoms with Gasteiger partial charge in [-0.1, -0.05) is 27.7 Å². The third kappa shape index (κ3) is 5.26. The van der Waals surface area contributed by atoms with Gasteiger partial charge in [0, 0.05) is 40.4 Å². The lowest BCUT2D eigenvalue weighted by atomic mass is 9.75. The van der Waals surface area contributed by atoms with Gasteiger partial charge in [0.25, 0.3) is 0 Å². The van der Waals surface area contributed by atoms with Crippen LogP contribution in [-0.4, -0.2) is 51.9 Å². The summed E-state index contributed by atoms with van der Waals surface area (Å²) in [5.74, 6) is -1.29. The summed E-state index contributed by atoms with van der Waals surface area (Å²) >= 11 is 6.85. The molecule has 216 valence electrons. The number of hydrogen-bond acceptors (Lipinski definition) is 7. The standard InChI is InChI=1S/C29H35Br2N3O6/c1-13-6-7-29(15(3)8-14(2)27(40-29)16(4)26(35)19-9-17(30)12-33-19)39-20(13)11-22-34-25-21(38-22)10-18(31)24(32-5)23(25)28(36)37/h9-10,12-16,20,27,32-33H,6-8,11H2,1-5H3,(H,36,37)/t13-,14+,15+,16?,20-,27?,29?/m0/s1. The Morgan fingerprint density at radius 3 is 2.62 bits per heavy atom. The summed E-state index contributed by atoms with van der Waals surface area (Å²) in [5.41, 5.74) is 1.76. The van der Waals surface area contributed by atoms with Crippen LogP contribution in [0.5, 0.6) is 0 Å². The number of Topliss-reactive ketones (excluding diaryl/α,β-unsaturated/α-hetero) is 1. The normalized spacial score (nSPS) is 29.5. The molecule has 3 unspecified atom stereocenters. The summed E-state index contributed by atoms with van der Waals surface area (Å²) < 4.78 is 21.1. The van der Waals surface area contributed by atoms with E-state index in [9.17, 15) is 14.7 Å². The molecule has 2 aromatic heterocycles. The molecule has 2 aliphatic rings. The molecule has 40 heavy (non-hydrogen) atoms. The van der Waals surface area contributed by atoms with Gasteiger partial charge in [-0.05, 0) is 68.7 Å². The summed E-state index contributed by atoms with van der Waals surface area (Å²) in [6, 6.07) is 3.53.